The number of carbonyl (C=O) groups is 1. The van der Waals surface area contributed by atoms with E-state index in [0.717, 1.165) is 22.9 Å². The molecule has 1 atom stereocenters. The van der Waals surface area contributed by atoms with Crippen LogP contribution >= 0.6 is 11.6 Å². The zero-order chi connectivity index (χ0) is 20.5. The van der Waals surface area contributed by atoms with Crippen LogP contribution in [-0.4, -0.2) is 40.1 Å². The molecule has 2 aromatic heterocycles. The van der Waals surface area contributed by atoms with Gasteiger partial charge in [-0.3, -0.25) is 9.78 Å². The molecule has 0 bridgehead atoms. The Morgan fingerprint density at radius 1 is 1.17 bits per heavy atom. The van der Waals surface area contributed by atoms with Gasteiger partial charge in [0, 0.05) is 42.6 Å². The molecule has 1 saturated heterocycles. The van der Waals surface area contributed by atoms with E-state index >= 15 is 0 Å². The van der Waals surface area contributed by atoms with Gasteiger partial charge in [0.2, 0.25) is 0 Å². The first-order chi connectivity index (χ1) is 14.7. The van der Waals surface area contributed by atoms with E-state index in [1.54, 1.807) is 29.4 Å². The van der Waals surface area contributed by atoms with Crippen molar-refractivity contribution in [3.05, 3.63) is 77.6 Å². The van der Waals surface area contributed by atoms with Gasteiger partial charge in [-0.2, -0.15) is 0 Å². The molecule has 1 amide bonds. The highest BCUT2D eigenvalue weighted by atomic mass is 35.5. The second kappa shape index (κ2) is 7.80. The molecule has 0 unspecified atom stereocenters. The van der Waals surface area contributed by atoms with Gasteiger partial charge >= 0.3 is 0 Å². The molecule has 7 heteroatoms. The van der Waals surface area contributed by atoms with Crippen molar-refractivity contribution < 1.29 is 14.1 Å². The summed E-state index contributed by atoms with van der Waals surface area (Å²) in [4.78, 5) is 18.9. The first-order valence-corrected chi connectivity index (χ1v) is 10.1. The molecule has 6 nitrogen and oxygen atoms in total. The summed E-state index contributed by atoms with van der Waals surface area (Å²) in [6, 6.07) is 16.9. The van der Waals surface area contributed by atoms with Gasteiger partial charge in [0.1, 0.15) is 22.4 Å². The third kappa shape index (κ3) is 3.50. The van der Waals surface area contributed by atoms with Crippen LogP contribution in [0.5, 0.6) is 5.75 Å². The maximum Gasteiger partial charge on any atom is 0.254 e. The lowest BCUT2D eigenvalue weighted by Gasteiger charge is -2.17. The largest absolute Gasteiger partial charge is 0.487 e. The van der Waals surface area contributed by atoms with Crippen LogP contribution < -0.4 is 4.74 Å². The van der Waals surface area contributed by atoms with Gasteiger partial charge in [-0.15, -0.1) is 0 Å². The summed E-state index contributed by atoms with van der Waals surface area (Å²) in [5, 5.41) is 5.41. The molecule has 30 heavy (non-hydrogen) atoms. The Labute approximate surface area is 178 Å². The standard InChI is InChI=1S/C23H18ClN3O3/c24-19-13-25-10-8-21(19)29-17-9-11-27(14-17)23(28)16-6-7-20-18(12-16)22(30-26-20)15-4-2-1-3-5-15/h1-8,10,12-13,17H,9,11,14H2/t17-/m1/s1. The molecule has 2 aromatic carbocycles. The fourth-order valence-corrected chi connectivity index (χ4v) is 3.87. The summed E-state index contributed by atoms with van der Waals surface area (Å²) < 4.78 is 11.5. The van der Waals surface area contributed by atoms with Crippen molar-refractivity contribution in [3.63, 3.8) is 0 Å². The number of carbonyl (C=O) groups excluding carboxylic acids is 1. The minimum Gasteiger partial charge on any atom is -0.487 e. The van der Waals surface area contributed by atoms with E-state index < -0.39 is 0 Å². The molecule has 0 radical (unpaired) electrons. The van der Waals surface area contributed by atoms with Crippen molar-refractivity contribution >= 4 is 28.4 Å². The molecule has 0 spiro atoms. The van der Waals surface area contributed by atoms with Crippen LogP contribution in [0.2, 0.25) is 5.02 Å². The first-order valence-electron chi connectivity index (χ1n) is 9.69. The number of benzene rings is 2. The van der Waals surface area contributed by atoms with Crippen molar-refractivity contribution in [1.29, 1.82) is 0 Å². The van der Waals surface area contributed by atoms with Crippen LogP contribution in [0.3, 0.4) is 0 Å². The Hall–Kier alpha value is -3.38. The van der Waals surface area contributed by atoms with Crippen LogP contribution in [-0.2, 0) is 0 Å². The summed E-state index contributed by atoms with van der Waals surface area (Å²) in [7, 11) is 0. The van der Waals surface area contributed by atoms with Crippen LogP contribution in [0.1, 0.15) is 16.8 Å². The van der Waals surface area contributed by atoms with Crippen LogP contribution in [0.4, 0.5) is 0 Å². The molecular weight excluding hydrogens is 402 g/mol. The smallest absolute Gasteiger partial charge is 0.254 e. The Balaban J connectivity index is 1.36. The van der Waals surface area contributed by atoms with E-state index in [1.165, 1.54) is 0 Å². The highest BCUT2D eigenvalue weighted by Crippen LogP contribution is 2.30. The van der Waals surface area contributed by atoms with Gasteiger partial charge in [-0.1, -0.05) is 47.1 Å². The van der Waals surface area contributed by atoms with E-state index in [4.69, 9.17) is 20.9 Å². The number of fused-ring (bicyclic) bond motifs is 1. The summed E-state index contributed by atoms with van der Waals surface area (Å²) >= 11 is 6.12. The Morgan fingerprint density at radius 3 is 2.87 bits per heavy atom. The Kier molecular flexibility index (Phi) is 4.85. The van der Waals surface area contributed by atoms with Crippen LogP contribution in [0.15, 0.2) is 71.5 Å². The predicted molar refractivity (Wildman–Crippen MR) is 114 cm³/mol. The van der Waals surface area contributed by atoms with Gasteiger partial charge in [0.05, 0.1) is 11.9 Å². The zero-order valence-electron chi connectivity index (χ0n) is 16.0. The molecule has 3 heterocycles. The molecule has 150 valence electrons. The number of nitrogens with zero attached hydrogens (tertiary/aromatic N) is 3. The van der Waals surface area contributed by atoms with Gasteiger partial charge in [0.15, 0.2) is 5.76 Å². The van der Waals surface area contributed by atoms with Gasteiger partial charge in [-0.25, -0.2) is 0 Å². The lowest BCUT2D eigenvalue weighted by molar-refractivity contribution is 0.0772. The number of hydrogen-bond donors (Lipinski definition) is 0. The van der Waals surface area contributed by atoms with E-state index in [9.17, 15) is 4.79 Å². The van der Waals surface area contributed by atoms with Gasteiger partial charge in [0.25, 0.3) is 5.91 Å². The van der Waals surface area contributed by atoms with E-state index in [-0.39, 0.29) is 12.0 Å². The average Bonchev–Trinajstić information content (AvgIpc) is 3.42. The highest BCUT2D eigenvalue weighted by Gasteiger charge is 2.29. The highest BCUT2D eigenvalue weighted by molar-refractivity contribution is 6.31. The number of amides is 1. The molecule has 4 aromatic rings. The normalized spacial score (nSPS) is 16.2. The number of pyridine rings is 1. The second-order valence-electron chi connectivity index (χ2n) is 7.20. The molecule has 0 N–H and O–H groups in total. The molecule has 1 fully saturated rings. The fraction of sp³-hybridized carbons (Fsp3) is 0.174. The van der Waals surface area contributed by atoms with Crippen LogP contribution in [0, 0.1) is 0 Å². The minimum absolute atomic E-state index is 0.0379. The van der Waals surface area contributed by atoms with Gasteiger partial charge in [-0.05, 0) is 18.2 Å². The lowest BCUT2D eigenvalue weighted by atomic mass is 10.1. The molecule has 1 aliphatic rings. The summed E-state index contributed by atoms with van der Waals surface area (Å²) in [5.41, 5.74) is 2.25. The van der Waals surface area contributed by atoms with E-state index in [1.807, 2.05) is 42.5 Å². The first kappa shape index (κ1) is 18.6. The quantitative estimate of drug-likeness (QED) is 0.473. The van der Waals surface area contributed by atoms with E-state index in [0.29, 0.717) is 35.2 Å². The van der Waals surface area contributed by atoms with Crippen LogP contribution in [0.25, 0.3) is 22.2 Å². The Bertz CT molecular complexity index is 1210. The number of ether oxygens (including phenoxy) is 1. The molecule has 1 aliphatic heterocycles. The van der Waals surface area contributed by atoms with Crippen molar-refractivity contribution in [2.75, 3.05) is 13.1 Å². The SMILES string of the molecule is O=C(c1ccc2noc(-c3ccccc3)c2c1)N1CC[C@@H](Oc2ccncc2Cl)C1. The van der Waals surface area contributed by atoms with Crippen molar-refractivity contribution in [2.24, 2.45) is 0 Å². The van der Waals surface area contributed by atoms with E-state index in [2.05, 4.69) is 10.1 Å². The molecule has 5 rings (SSSR count). The molecular formula is C23H18ClN3O3. The number of aromatic nitrogens is 2. The lowest BCUT2D eigenvalue weighted by Crippen LogP contribution is -2.30. The summed E-state index contributed by atoms with van der Waals surface area (Å²) in [5.74, 6) is 1.21. The van der Waals surface area contributed by atoms with Crippen molar-refractivity contribution in [1.82, 2.24) is 15.0 Å². The predicted octanol–water partition coefficient (Wildman–Crippen LogP) is 4.84. The Morgan fingerprint density at radius 2 is 2.03 bits per heavy atom. The maximum atomic E-state index is 13.1. The summed E-state index contributed by atoms with van der Waals surface area (Å²) in [6.45, 7) is 1.13. The summed E-state index contributed by atoms with van der Waals surface area (Å²) in [6.07, 6.45) is 3.83. The second-order valence-corrected chi connectivity index (χ2v) is 7.60. The molecule has 0 saturated carbocycles. The zero-order valence-corrected chi connectivity index (χ0v) is 16.7. The topological polar surface area (TPSA) is 68.5 Å². The maximum absolute atomic E-state index is 13.1. The number of rotatable bonds is 4. The minimum atomic E-state index is -0.104. The van der Waals surface area contributed by atoms with Crippen molar-refractivity contribution in [2.45, 2.75) is 12.5 Å². The van der Waals surface area contributed by atoms with Gasteiger partial charge < -0.3 is 14.2 Å². The third-order valence-corrected chi connectivity index (χ3v) is 5.50. The number of likely N-dealkylation sites (tertiary alicyclic amines) is 1. The van der Waals surface area contributed by atoms with Crippen molar-refractivity contribution in [3.8, 4) is 17.1 Å². The number of halogens is 1. The average molecular weight is 420 g/mol. The number of hydrogen-bond acceptors (Lipinski definition) is 5. The molecule has 0 aliphatic carbocycles. The third-order valence-electron chi connectivity index (χ3n) is 5.22. The fourth-order valence-electron chi connectivity index (χ4n) is 3.70. The monoisotopic (exact) mass is 419 g/mol.